The van der Waals surface area contributed by atoms with Crippen LogP contribution in [-0.2, 0) is 16.1 Å². The van der Waals surface area contributed by atoms with Crippen LogP contribution in [0.3, 0.4) is 0 Å². The molecule has 1 N–H and O–H groups in total. The lowest BCUT2D eigenvalue weighted by molar-refractivity contribution is -0.143. The minimum atomic E-state index is -0.636. The number of esters is 1. The number of benzene rings is 1. The van der Waals surface area contributed by atoms with Crippen molar-refractivity contribution in [1.29, 1.82) is 0 Å². The Labute approximate surface area is 159 Å². The van der Waals surface area contributed by atoms with E-state index in [1.54, 1.807) is 36.5 Å². The predicted octanol–water partition coefficient (Wildman–Crippen LogP) is 2.13. The van der Waals surface area contributed by atoms with E-state index in [2.05, 4.69) is 10.3 Å². The van der Waals surface area contributed by atoms with Gasteiger partial charge in [-0.15, -0.1) is 0 Å². The molecule has 0 unspecified atom stereocenters. The number of carbonyl (C=O) groups is 2. The number of rotatable bonds is 5. The summed E-state index contributed by atoms with van der Waals surface area (Å²) in [4.78, 5) is 40.2. The lowest BCUT2D eigenvalue weighted by Crippen LogP contribution is -2.30. The Morgan fingerprint density at radius 2 is 1.93 bits per heavy atom. The summed E-state index contributed by atoms with van der Waals surface area (Å²) in [7, 11) is 0. The molecule has 0 atom stereocenters. The van der Waals surface area contributed by atoms with Gasteiger partial charge in [0.05, 0.1) is 5.69 Å². The fourth-order valence-electron chi connectivity index (χ4n) is 2.39. The molecule has 1 amide bonds. The van der Waals surface area contributed by atoms with E-state index >= 15 is 0 Å². The maximum atomic E-state index is 12.1. The molecule has 0 saturated carbocycles. The number of fused-ring (bicyclic) bond motifs is 1. The molecule has 2 heterocycles. The summed E-state index contributed by atoms with van der Waals surface area (Å²) in [6.07, 6.45) is 1.69. The maximum Gasteiger partial charge on any atom is 0.325 e. The fourth-order valence-corrected chi connectivity index (χ4v) is 2.52. The topological polar surface area (TPSA) is 89.8 Å². The number of ether oxygens (including phenoxy) is 1. The Bertz CT molecular complexity index is 1060. The number of aryl methyl sites for hydroxylation is 1. The number of amides is 1. The Morgan fingerprint density at radius 1 is 1.19 bits per heavy atom. The van der Waals surface area contributed by atoms with Gasteiger partial charge in [-0.05, 0) is 42.8 Å². The summed E-state index contributed by atoms with van der Waals surface area (Å²) >= 11 is 5.76. The van der Waals surface area contributed by atoms with Gasteiger partial charge in [-0.3, -0.25) is 18.8 Å². The molecule has 0 bridgehead atoms. The average Bonchev–Trinajstić information content (AvgIpc) is 2.65. The number of hydrogen-bond donors (Lipinski definition) is 1. The van der Waals surface area contributed by atoms with Crippen molar-refractivity contribution in [3.63, 3.8) is 0 Å². The summed E-state index contributed by atoms with van der Waals surface area (Å²) in [6, 6.07) is 11.1. The highest BCUT2D eigenvalue weighted by Crippen LogP contribution is 2.09. The molecule has 1 aromatic carbocycles. The predicted molar refractivity (Wildman–Crippen MR) is 99.8 cm³/mol. The molecule has 0 aliphatic carbocycles. The van der Waals surface area contributed by atoms with Crippen LogP contribution in [0, 0.1) is 6.92 Å². The number of nitrogens with one attached hydrogen (secondary N) is 1. The first kappa shape index (κ1) is 18.6. The summed E-state index contributed by atoms with van der Waals surface area (Å²) in [5.41, 5.74) is 1.86. The highest BCUT2D eigenvalue weighted by atomic mass is 35.5. The first-order chi connectivity index (χ1) is 12.9. The lowest BCUT2D eigenvalue weighted by Gasteiger charge is -2.08. The monoisotopic (exact) mass is 385 g/mol. The molecule has 8 heteroatoms. The number of hydrogen-bond acceptors (Lipinski definition) is 5. The van der Waals surface area contributed by atoms with Gasteiger partial charge in [0.15, 0.2) is 0 Å². The molecule has 0 fully saturated rings. The normalized spacial score (nSPS) is 10.6. The van der Waals surface area contributed by atoms with Crippen LogP contribution in [-0.4, -0.2) is 27.8 Å². The summed E-state index contributed by atoms with van der Waals surface area (Å²) in [5, 5.41) is 2.97. The second kappa shape index (κ2) is 8.01. The molecule has 0 radical (unpaired) electrons. The number of pyridine rings is 1. The molecule has 27 heavy (non-hydrogen) atoms. The van der Waals surface area contributed by atoms with Gasteiger partial charge in [0.25, 0.3) is 11.5 Å². The first-order valence-electron chi connectivity index (χ1n) is 8.11. The van der Waals surface area contributed by atoms with Crippen molar-refractivity contribution < 1.29 is 14.3 Å². The van der Waals surface area contributed by atoms with E-state index in [1.807, 2.05) is 13.0 Å². The second-order valence-electron chi connectivity index (χ2n) is 5.87. The van der Waals surface area contributed by atoms with E-state index in [-0.39, 0.29) is 18.7 Å². The highest BCUT2D eigenvalue weighted by molar-refractivity contribution is 6.30. The van der Waals surface area contributed by atoms with Crippen LogP contribution >= 0.6 is 11.6 Å². The van der Waals surface area contributed by atoms with Gasteiger partial charge < -0.3 is 10.1 Å². The first-order valence-corrected chi connectivity index (χ1v) is 8.48. The number of nitrogens with zero attached hydrogens (tertiary/aromatic N) is 2. The van der Waals surface area contributed by atoms with E-state index in [0.29, 0.717) is 21.9 Å². The van der Waals surface area contributed by atoms with E-state index in [9.17, 15) is 14.4 Å². The van der Waals surface area contributed by atoms with Gasteiger partial charge in [-0.1, -0.05) is 17.7 Å². The van der Waals surface area contributed by atoms with Gasteiger partial charge >= 0.3 is 5.97 Å². The van der Waals surface area contributed by atoms with Crippen LogP contribution < -0.4 is 10.9 Å². The summed E-state index contributed by atoms with van der Waals surface area (Å²) in [6.45, 7) is 1.42. The van der Waals surface area contributed by atoms with Gasteiger partial charge in [0.1, 0.15) is 18.8 Å². The van der Waals surface area contributed by atoms with Crippen molar-refractivity contribution in [2.24, 2.45) is 0 Å². The maximum absolute atomic E-state index is 12.1. The molecule has 0 saturated heterocycles. The van der Waals surface area contributed by atoms with Crippen molar-refractivity contribution in [3.05, 3.63) is 80.9 Å². The van der Waals surface area contributed by atoms with Crippen LogP contribution in [0.2, 0.25) is 5.02 Å². The van der Waals surface area contributed by atoms with Crippen LogP contribution in [0.4, 0.5) is 0 Å². The molecular weight excluding hydrogens is 370 g/mol. The van der Waals surface area contributed by atoms with Crippen LogP contribution in [0.1, 0.15) is 21.6 Å². The number of halogens is 1. The van der Waals surface area contributed by atoms with Gasteiger partial charge in [0.2, 0.25) is 0 Å². The molecule has 0 aliphatic rings. The van der Waals surface area contributed by atoms with Crippen molar-refractivity contribution in [1.82, 2.24) is 14.7 Å². The van der Waals surface area contributed by atoms with E-state index in [4.69, 9.17) is 16.3 Å². The fraction of sp³-hybridized carbons (Fsp3) is 0.158. The van der Waals surface area contributed by atoms with Gasteiger partial charge in [-0.2, -0.15) is 0 Å². The Morgan fingerprint density at radius 3 is 2.67 bits per heavy atom. The highest BCUT2D eigenvalue weighted by Gasteiger charge is 2.10. The van der Waals surface area contributed by atoms with Crippen LogP contribution in [0.15, 0.2) is 53.5 Å². The smallest absolute Gasteiger partial charge is 0.325 e. The lowest BCUT2D eigenvalue weighted by atomic mass is 10.2. The van der Waals surface area contributed by atoms with Gasteiger partial charge in [-0.25, -0.2) is 4.98 Å². The molecular formula is C19H16ClN3O4. The van der Waals surface area contributed by atoms with Crippen LogP contribution in [0.5, 0.6) is 0 Å². The molecule has 2 aromatic heterocycles. The Balaban J connectivity index is 1.57. The van der Waals surface area contributed by atoms with Crippen molar-refractivity contribution >= 4 is 29.1 Å². The number of carbonyl (C=O) groups excluding carboxylic acids is 2. The van der Waals surface area contributed by atoms with Crippen molar-refractivity contribution in [2.75, 3.05) is 6.54 Å². The average molecular weight is 386 g/mol. The van der Waals surface area contributed by atoms with E-state index < -0.39 is 11.9 Å². The molecule has 0 spiro atoms. The zero-order valence-electron chi connectivity index (χ0n) is 14.4. The molecule has 3 rings (SSSR count). The van der Waals surface area contributed by atoms with Crippen LogP contribution in [0.25, 0.3) is 5.65 Å². The standard InChI is InChI=1S/C19H16ClN3O4/c1-12-2-7-16-22-15(8-17(24)23(16)10-12)11-27-18(25)9-21-19(26)13-3-5-14(20)6-4-13/h2-8,10H,9,11H2,1H3,(H,21,26). The largest absolute Gasteiger partial charge is 0.458 e. The van der Waals surface area contributed by atoms with E-state index in [1.165, 1.54) is 10.5 Å². The minimum Gasteiger partial charge on any atom is -0.458 e. The minimum absolute atomic E-state index is 0.157. The third-order valence-corrected chi connectivity index (χ3v) is 3.99. The second-order valence-corrected chi connectivity index (χ2v) is 6.31. The summed E-state index contributed by atoms with van der Waals surface area (Å²) in [5.74, 6) is -1.05. The Hall–Kier alpha value is -3.19. The molecule has 138 valence electrons. The van der Waals surface area contributed by atoms with Crippen molar-refractivity contribution in [2.45, 2.75) is 13.5 Å². The molecule has 7 nitrogen and oxygen atoms in total. The zero-order chi connectivity index (χ0) is 19.4. The quantitative estimate of drug-likeness (QED) is 0.679. The third kappa shape index (κ3) is 4.71. The summed E-state index contributed by atoms with van der Waals surface area (Å²) < 4.78 is 6.50. The Kier molecular flexibility index (Phi) is 5.52. The zero-order valence-corrected chi connectivity index (χ0v) is 15.2. The molecule has 0 aliphatic heterocycles. The SMILES string of the molecule is Cc1ccc2nc(COC(=O)CNC(=O)c3ccc(Cl)cc3)cc(=O)n2c1. The molecule has 3 aromatic rings. The number of aromatic nitrogens is 2. The van der Waals surface area contributed by atoms with Gasteiger partial charge in [0, 0.05) is 22.8 Å². The van der Waals surface area contributed by atoms with E-state index in [0.717, 1.165) is 5.56 Å². The van der Waals surface area contributed by atoms with Crippen molar-refractivity contribution in [3.8, 4) is 0 Å². The third-order valence-electron chi connectivity index (χ3n) is 3.74.